The van der Waals surface area contributed by atoms with Crippen molar-refractivity contribution in [1.82, 2.24) is 5.32 Å². The molecular formula is C19H27NO4. The second-order valence-corrected chi connectivity index (χ2v) is 7.00. The third-order valence-electron chi connectivity index (χ3n) is 5.06. The summed E-state index contributed by atoms with van der Waals surface area (Å²) in [5.74, 6) is -0.841. The molecule has 0 bridgehead atoms. The van der Waals surface area contributed by atoms with Crippen molar-refractivity contribution < 1.29 is 19.4 Å². The number of benzene rings is 1. The predicted octanol–water partition coefficient (Wildman–Crippen LogP) is 3.02. The van der Waals surface area contributed by atoms with Crippen LogP contribution in [-0.4, -0.2) is 29.6 Å². The van der Waals surface area contributed by atoms with E-state index in [1.807, 2.05) is 38.1 Å². The lowest BCUT2D eigenvalue weighted by Crippen LogP contribution is -2.56. The molecule has 1 fully saturated rings. The molecule has 1 aromatic carbocycles. The molecule has 132 valence electrons. The molecule has 5 heteroatoms. The van der Waals surface area contributed by atoms with Gasteiger partial charge in [-0.3, -0.25) is 9.59 Å². The quantitative estimate of drug-likeness (QED) is 0.839. The molecule has 1 saturated carbocycles. The van der Waals surface area contributed by atoms with Crippen LogP contribution in [0.3, 0.4) is 0 Å². The molecule has 0 aromatic heterocycles. The van der Waals surface area contributed by atoms with Gasteiger partial charge in [0.15, 0.2) is 0 Å². The Morgan fingerprint density at radius 2 is 2.00 bits per heavy atom. The van der Waals surface area contributed by atoms with Crippen molar-refractivity contribution in [3.63, 3.8) is 0 Å². The lowest BCUT2D eigenvalue weighted by Gasteiger charge is -2.40. The Hall–Kier alpha value is -2.04. The zero-order valence-electron chi connectivity index (χ0n) is 14.7. The zero-order valence-corrected chi connectivity index (χ0v) is 14.7. The van der Waals surface area contributed by atoms with Crippen LogP contribution in [0, 0.1) is 11.8 Å². The Labute approximate surface area is 143 Å². The Kier molecular flexibility index (Phi) is 5.86. The molecule has 1 aliphatic rings. The van der Waals surface area contributed by atoms with Gasteiger partial charge in [-0.1, -0.05) is 31.9 Å². The highest BCUT2D eigenvalue weighted by molar-refractivity contribution is 5.81. The summed E-state index contributed by atoms with van der Waals surface area (Å²) in [6.45, 7) is 3.74. The maximum atomic E-state index is 12.6. The first-order chi connectivity index (χ1) is 11.4. The fourth-order valence-electron chi connectivity index (χ4n) is 3.49. The van der Waals surface area contributed by atoms with E-state index in [4.69, 9.17) is 4.74 Å². The van der Waals surface area contributed by atoms with Crippen LogP contribution in [0.1, 0.15) is 45.1 Å². The first-order valence-corrected chi connectivity index (χ1v) is 8.53. The first-order valence-electron chi connectivity index (χ1n) is 8.53. The number of carboxylic acids is 1. The number of carbonyl (C=O) groups excluding carboxylic acids is 1. The summed E-state index contributed by atoms with van der Waals surface area (Å²) in [4.78, 5) is 24.1. The fraction of sp³-hybridized carbons (Fsp3) is 0.579. The maximum Gasteiger partial charge on any atom is 0.308 e. The summed E-state index contributed by atoms with van der Waals surface area (Å²) in [7, 11) is 1.62. The molecule has 1 aliphatic carbocycles. The lowest BCUT2D eigenvalue weighted by atomic mass is 9.73. The fourth-order valence-corrected chi connectivity index (χ4v) is 3.49. The monoisotopic (exact) mass is 333 g/mol. The second kappa shape index (κ2) is 7.69. The Morgan fingerprint density at radius 1 is 1.33 bits per heavy atom. The highest BCUT2D eigenvalue weighted by Crippen LogP contribution is 2.34. The van der Waals surface area contributed by atoms with Gasteiger partial charge in [0.1, 0.15) is 5.75 Å². The average Bonchev–Trinajstić information content (AvgIpc) is 2.55. The van der Waals surface area contributed by atoms with Crippen LogP contribution in [0.15, 0.2) is 24.3 Å². The number of hydrogen-bond donors (Lipinski definition) is 2. The number of aliphatic carboxylic acids is 1. The highest BCUT2D eigenvalue weighted by Gasteiger charge is 2.42. The molecule has 0 heterocycles. The van der Waals surface area contributed by atoms with Crippen molar-refractivity contribution in [2.24, 2.45) is 11.8 Å². The van der Waals surface area contributed by atoms with Crippen molar-refractivity contribution in [2.45, 2.75) is 51.5 Å². The largest absolute Gasteiger partial charge is 0.497 e. The maximum absolute atomic E-state index is 12.6. The molecular weight excluding hydrogens is 306 g/mol. The molecule has 5 nitrogen and oxygen atoms in total. The number of ether oxygens (including phenoxy) is 1. The van der Waals surface area contributed by atoms with Crippen LogP contribution in [0.2, 0.25) is 0 Å². The summed E-state index contributed by atoms with van der Waals surface area (Å²) >= 11 is 0. The number of amides is 1. The number of carbonyl (C=O) groups is 2. The SMILES string of the molecule is COc1ccc(CC(C)C(=O)NC2(C)CCCCC2C(=O)O)cc1. The van der Waals surface area contributed by atoms with Gasteiger partial charge in [-0.15, -0.1) is 0 Å². The van der Waals surface area contributed by atoms with Crippen LogP contribution in [0.5, 0.6) is 5.75 Å². The minimum absolute atomic E-state index is 0.0820. The van der Waals surface area contributed by atoms with Gasteiger partial charge in [0.05, 0.1) is 18.6 Å². The summed E-state index contributed by atoms with van der Waals surface area (Å²) in [6, 6.07) is 7.65. The van der Waals surface area contributed by atoms with E-state index in [0.717, 1.165) is 24.2 Å². The zero-order chi connectivity index (χ0) is 17.7. The van der Waals surface area contributed by atoms with E-state index in [1.165, 1.54) is 0 Å². The number of nitrogens with one attached hydrogen (secondary N) is 1. The van der Waals surface area contributed by atoms with Gasteiger partial charge in [-0.05, 0) is 43.9 Å². The van der Waals surface area contributed by atoms with E-state index in [9.17, 15) is 14.7 Å². The van der Waals surface area contributed by atoms with Crippen LogP contribution in [0.25, 0.3) is 0 Å². The Balaban J connectivity index is 2.00. The minimum atomic E-state index is -0.819. The van der Waals surface area contributed by atoms with Gasteiger partial charge in [-0.25, -0.2) is 0 Å². The number of carboxylic acid groups (broad SMARTS) is 1. The molecule has 0 aliphatic heterocycles. The molecule has 3 atom stereocenters. The molecule has 0 radical (unpaired) electrons. The normalized spacial score (nSPS) is 24.9. The van der Waals surface area contributed by atoms with Gasteiger partial charge in [0, 0.05) is 5.92 Å². The molecule has 1 aromatic rings. The van der Waals surface area contributed by atoms with Crippen molar-refractivity contribution in [3.8, 4) is 5.75 Å². The molecule has 0 spiro atoms. The van der Waals surface area contributed by atoms with Crippen molar-refractivity contribution in [2.75, 3.05) is 7.11 Å². The van der Waals surface area contributed by atoms with Crippen molar-refractivity contribution in [1.29, 1.82) is 0 Å². The summed E-state index contributed by atoms with van der Waals surface area (Å²) < 4.78 is 5.13. The third-order valence-corrected chi connectivity index (χ3v) is 5.06. The summed E-state index contributed by atoms with van der Waals surface area (Å²) in [5.41, 5.74) is 0.400. The van der Waals surface area contributed by atoms with Crippen LogP contribution >= 0.6 is 0 Å². The van der Waals surface area contributed by atoms with E-state index in [-0.39, 0.29) is 11.8 Å². The van der Waals surface area contributed by atoms with E-state index >= 15 is 0 Å². The second-order valence-electron chi connectivity index (χ2n) is 7.00. The average molecular weight is 333 g/mol. The summed E-state index contributed by atoms with van der Waals surface area (Å²) in [5, 5.41) is 12.5. The Morgan fingerprint density at radius 3 is 2.58 bits per heavy atom. The number of hydrogen-bond acceptors (Lipinski definition) is 3. The van der Waals surface area contributed by atoms with Crippen LogP contribution < -0.4 is 10.1 Å². The van der Waals surface area contributed by atoms with Crippen LogP contribution in [0.4, 0.5) is 0 Å². The molecule has 1 amide bonds. The first kappa shape index (κ1) is 18.3. The molecule has 24 heavy (non-hydrogen) atoms. The van der Waals surface area contributed by atoms with E-state index in [2.05, 4.69) is 5.32 Å². The summed E-state index contributed by atoms with van der Waals surface area (Å²) in [6.07, 6.45) is 3.81. The third kappa shape index (κ3) is 4.28. The topological polar surface area (TPSA) is 75.6 Å². The molecule has 2 N–H and O–H groups in total. The van der Waals surface area contributed by atoms with Gasteiger partial charge >= 0.3 is 5.97 Å². The lowest BCUT2D eigenvalue weighted by molar-refractivity contribution is -0.147. The van der Waals surface area contributed by atoms with E-state index < -0.39 is 17.4 Å². The van der Waals surface area contributed by atoms with E-state index in [0.29, 0.717) is 19.3 Å². The van der Waals surface area contributed by atoms with Crippen LogP contribution in [-0.2, 0) is 16.0 Å². The Bertz CT molecular complexity index is 584. The standard InChI is InChI=1S/C19H27NO4/c1-13(12-14-7-9-15(24-3)10-8-14)17(21)20-19(2)11-5-4-6-16(19)18(22)23/h7-10,13,16H,4-6,11-12H2,1-3H3,(H,20,21)(H,22,23). The number of methoxy groups -OCH3 is 1. The van der Waals surface area contributed by atoms with Crippen molar-refractivity contribution in [3.05, 3.63) is 29.8 Å². The van der Waals surface area contributed by atoms with Gasteiger partial charge in [-0.2, -0.15) is 0 Å². The number of rotatable bonds is 6. The smallest absolute Gasteiger partial charge is 0.308 e. The minimum Gasteiger partial charge on any atom is -0.497 e. The van der Waals surface area contributed by atoms with Gasteiger partial charge < -0.3 is 15.2 Å². The van der Waals surface area contributed by atoms with E-state index in [1.54, 1.807) is 7.11 Å². The molecule has 2 rings (SSSR count). The van der Waals surface area contributed by atoms with Crippen molar-refractivity contribution >= 4 is 11.9 Å². The predicted molar refractivity (Wildman–Crippen MR) is 92.0 cm³/mol. The van der Waals surface area contributed by atoms with Gasteiger partial charge in [0.25, 0.3) is 0 Å². The van der Waals surface area contributed by atoms with Gasteiger partial charge in [0.2, 0.25) is 5.91 Å². The highest BCUT2D eigenvalue weighted by atomic mass is 16.5. The molecule has 3 unspecified atom stereocenters. The molecule has 0 saturated heterocycles.